The fourth-order valence-corrected chi connectivity index (χ4v) is 2.10. The zero-order chi connectivity index (χ0) is 14.6. The molecule has 1 unspecified atom stereocenters. The lowest BCUT2D eigenvalue weighted by Gasteiger charge is -2.23. The molecule has 0 fully saturated rings. The molecule has 0 saturated carbocycles. The molecule has 0 aliphatic heterocycles. The minimum atomic E-state index is -0.909. The molecule has 104 valence electrons. The molecule has 1 aromatic carbocycles. The first-order chi connectivity index (χ1) is 8.85. The quantitative estimate of drug-likeness (QED) is 0.904. The van der Waals surface area contributed by atoms with E-state index in [1.165, 1.54) is 4.90 Å². The van der Waals surface area contributed by atoms with Gasteiger partial charge in [0.15, 0.2) is 0 Å². The first-order valence-corrected chi connectivity index (χ1v) is 6.52. The first kappa shape index (κ1) is 15.5. The molecule has 0 saturated heterocycles. The first-order valence-electron chi connectivity index (χ1n) is 6.14. The summed E-state index contributed by atoms with van der Waals surface area (Å²) in [6.45, 7) is 5.92. The molecule has 1 atom stereocenters. The lowest BCUT2D eigenvalue weighted by atomic mass is 10.1. The Morgan fingerprint density at radius 2 is 2.00 bits per heavy atom. The van der Waals surface area contributed by atoms with E-state index in [0.717, 1.165) is 5.56 Å². The zero-order valence-corrected chi connectivity index (χ0v) is 12.1. The molecule has 1 amide bonds. The largest absolute Gasteiger partial charge is 0.481 e. The van der Waals surface area contributed by atoms with E-state index in [-0.39, 0.29) is 12.5 Å². The smallest absolute Gasteiger partial charge is 0.308 e. The van der Waals surface area contributed by atoms with Crippen LogP contribution in [-0.4, -0.2) is 35.0 Å². The van der Waals surface area contributed by atoms with Crippen LogP contribution < -0.4 is 0 Å². The van der Waals surface area contributed by atoms with Crippen molar-refractivity contribution in [2.45, 2.75) is 20.8 Å². The Labute approximate surface area is 118 Å². The van der Waals surface area contributed by atoms with Crippen molar-refractivity contribution in [3.05, 3.63) is 34.3 Å². The van der Waals surface area contributed by atoms with Crippen LogP contribution in [0.5, 0.6) is 0 Å². The molecule has 1 aromatic rings. The number of carbonyl (C=O) groups is 2. The van der Waals surface area contributed by atoms with Crippen molar-refractivity contribution in [2.75, 3.05) is 13.1 Å². The predicted molar refractivity (Wildman–Crippen MR) is 74.6 cm³/mol. The number of hydrogen-bond donors (Lipinski definition) is 1. The minimum Gasteiger partial charge on any atom is -0.481 e. The Kier molecular flexibility index (Phi) is 5.36. The van der Waals surface area contributed by atoms with Gasteiger partial charge in [-0.1, -0.05) is 18.5 Å². The average molecular weight is 284 g/mol. The number of nitrogens with zero attached hydrogens (tertiary/aromatic N) is 1. The number of hydrogen-bond acceptors (Lipinski definition) is 2. The van der Waals surface area contributed by atoms with Gasteiger partial charge in [0.1, 0.15) is 0 Å². The molecular weight excluding hydrogens is 266 g/mol. The molecule has 0 aromatic heterocycles. The van der Waals surface area contributed by atoms with Crippen molar-refractivity contribution in [3.8, 4) is 0 Å². The van der Waals surface area contributed by atoms with Gasteiger partial charge in [0.25, 0.3) is 5.91 Å². The molecule has 1 N–H and O–H groups in total. The van der Waals surface area contributed by atoms with Crippen LogP contribution >= 0.6 is 11.6 Å². The summed E-state index contributed by atoms with van der Waals surface area (Å²) >= 11 is 5.93. The summed E-state index contributed by atoms with van der Waals surface area (Å²) in [4.78, 5) is 24.7. The Morgan fingerprint density at radius 3 is 2.47 bits per heavy atom. The summed E-state index contributed by atoms with van der Waals surface area (Å²) in [5.74, 6) is -1.70. The maximum Gasteiger partial charge on any atom is 0.308 e. The Morgan fingerprint density at radius 1 is 1.37 bits per heavy atom. The highest BCUT2D eigenvalue weighted by Gasteiger charge is 2.20. The standard InChI is InChI=1S/C14H18ClNO3/c1-4-16(8-10(3)14(18)19)13(17)11-5-9(2)6-12(15)7-11/h5-7,10H,4,8H2,1-3H3,(H,18,19). The molecule has 4 nitrogen and oxygen atoms in total. The number of amides is 1. The number of carboxylic acids is 1. The summed E-state index contributed by atoms with van der Waals surface area (Å²) in [6.07, 6.45) is 0. The molecule has 0 aliphatic carbocycles. The highest BCUT2D eigenvalue weighted by molar-refractivity contribution is 6.31. The van der Waals surface area contributed by atoms with Crippen molar-refractivity contribution >= 4 is 23.5 Å². The third kappa shape index (κ3) is 4.24. The molecule has 19 heavy (non-hydrogen) atoms. The normalized spacial score (nSPS) is 12.0. The van der Waals surface area contributed by atoms with Crippen LogP contribution in [0.15, 0.2) is 18.2 Å². The van der Waals surface area contributed by atoms with Gasteiger partial charge < -0.3 is 10.0 Å². The highest BCUT2D eigenvalue weighted by Crippen LogP contribution is 2.16. The molecule has 0 radical (unpaired) electrons. The summed E-state index contributed by atoms with van der Waals surface area (Å²) in [6, 6.07) is 5.13. The monoisotopic (exact) mass is 283 g/mol. The predicted octanol–water partition coefficient (Wildman–Crippen LogP) is 2.83. The number of aliphatic carboxylic acids is 1. The number of carbonyl (C=O) groups excluding carboxylic acids is 1. The topological polar surface area (TPSA) is 57.6 Å². The van der Waals surface area contributed by atoms with E-state index < -0.39 is 11.9 Å². The van der Waals surface area contributed by atoms with Crippen molar-refractivity contribution in [1.29, 1.82) is 0 Å². The molecule has 0 spiro atoms. The van der Waals surface area contributed by atoms with E-state index in [1.54, 1.807) is 25.1 Å². The van der Waals surface area contributed by atoms with Crippen LogP contribution in [0.1, 0.15) is 29.8 Å². The SMILES string of the molecule is CCN(CC(C)C(=O)O)C(=O)c1cc(C)cc(Cl)c1. The lowest BCUT2D eigenvalue weighted by Crippen LogP contribution is -2.36. The molecular formula is C14H18ClNO3. The number of aryl methyl sites for hydroxylation is 1. The van der Waals surface area contributed by atoms with Gasteiger partial charge in [0, 0.05) is 23.7 Å². The molecule has 0 bridgehead atoms. The highest BCUT2D eigenvalue weighted by atomic mass is 35.5. The Bertz CT molecular complexity index is 467. The summed E-state index contributed by atoms with van der Waals surface area (Å²) in [5.41, 5.74) is 1.39. The van der Waals surface area contributed by atoms with Crippen molar-refractivity contribution in [1.82, 2.24) is 4.90 Å². The zero-order valence-electron chi connectivity index (χ0n) is 11.3. The maximum atomic E-state index is 12.3. The lowest BCUT2D eigenvalue weighted by molar-refractivity contribution is -0.141. The van der Waals surface area contributed by atoms with E-state index in [2.05, 4.69) is 0 Å². The van der Waals surface area contributed by atoms with Gasteiger partial charge in [0.05, 0.1) is 5.92 Å². The van der Waals surface area contributed by atoms with Gasteiger partial charge in [0.2, 0.25) is 0 Å². The van der Waals surface area contributed by atoms with Crippen molar-refractivity contribution in [2.24, 2.45) is 5.92 Å². The molecule has 5 heteroatoms. The Balaban J connectivity index is 2.92. The van der Waals surface area contributed by atoms with Crippen LogP contribution in [-0.2, 0) is 4.79 Å². The third-order valence-electron chi connectivity index (χ3n) is 2.87. The van der Waals surface area contributed by atoms with Gasteiger partial charge >= 0.3 is 5.97 Å². The molecule has 0 aliphatic rings. The van der Waals surface area contributed by atoms with Gasteiger partial charge in [-0.05, 0) is 37.6 Å². The van der Waals surface area contributed by atoms with E-state index >= 15 is 0 Å². The van der Waals surface area contributed by atoms with Crippen LogP contribution in [0.4, 0.5) is 0 Å². The second kappa shape index (κ2) is 6.57. The second-order valence-electron chi connectivity index (χ2n) is 4.60. The van der Waals surface area contributed by atoms with E-state index in [1.807, 2.05) is 13.8 Å². The second-order valence-corrected chi connectivity index (χ2v) is 5.04. The van der Waals surface area contributed by atoms with Crippen molar-refractivity contribution < 1.29 is 14.7 Å². The van der Waals surface area contributed by atoms with Crippen LogP contribution in [0.2, 0.25) is 5.02 Å². The van der Waals surface area contributed by atoms with E-state index in [9.17, 15) is 9.59 Å². The summed E-state index contributed by atoms with van der Waals surface area (Å²) in [7, 11) is 0. The van der Waals surface area contributed by atoms with Crippen LogP contribution in [0.25, 0.3) is 0 Å². The van der Waals surface area contributed by atoms with Gasteiger partial charge in [-0.25, -0.2) is 0 Å². The third-order valence-corrected chi connectivity index (χ3v) is 3.09. The number of benzene rings is 1. The number of rotatable bonds is 5. The molecule has 0 heterocycles. The summed E-state index contributed by atoms with van der Waals surface area (Å²) < 4.78 is 0. The van der Waals surface area contributed by atoms with Crippen LogP contribution in [0, 0.1) is 12.8 Å². The maximum absolute atomic E-state index is 12.3. The Hall–Kier alpha value is -1.55. The van der Waals surface area contributed by atoms with Gasteiger partial charge in [-0.15, -0.1) is 0 Å². The van der Waals surface area contributed by atoms with E-state index in [4.69, 9.17) is 16.7 Å². The summed E-state index contributed by atoms with van der Waals surface area (Å²) in [5, 5.41) is 9.41. The fourth-order valence-electron chi connectivity index (χ4n) is 1.81. The fraction of sp³-hybridized carbons (Fsp3) is 0.429. The van der Waals surface area contributed by atoms with Gasteiger partial charge in [-0.2, -0.15) is 0 Å². The number of halogens is 1. The molecule has 1 rings (SSSR count). The van der Waals surface area contributed by atoms with Crippen molar-refractivity contribution in [3.63, 3.8) is 0 Å². The number of carboxylic acid groups (broad SMARTS) is 1. The average Bonchev–Trinajstić information content (AvgIpc) is 2.33. The minimum absolute atomic E-state index is 0.191. The van der Waals surface area contributed by atoms with E-state index in [0.29, 0.717) is 17.1 Å². The van der Waals surface area contributed by atoms with Gasteiger partial charge in [-0.3, -0.25) is 9.59 Å². The van der Waals surface area contributed by atoms with Crippen LogP contribution in [0.3, 0.4) is 0 Å².